The van der Waals surface area contributed by atoms with Crippen molar-refractivity contribution in [3.8, 4) is 11.8 Å². The van der Waals surface area contributed by atoms with Crippen LogP contribution in [0.5, 0.6) is 0 Å². The quantitative estimate of drug-likeness (QED) is 0.522. The fourth-order valence-electron chi connectivity index (χ4n) is 1.60. The average molecular weight is 208 g/mol. The Morgan fingerprint density at radius 2 is 2.27 bits per heavy atom. The van der Waals surface area contributed by atoms with Crippen LogP contribution in [0.4, 0.5) is 0 Å². The molecule has 1 saturated carbocycles. The number of carbonyl (C=O) groups excluding carboxylic acids is 1. The molecule has 1 amide bonds. The van der Waals surface area contributed by atoms with Crippen LogP contribution in [0, 0.1) is 11.8 Å². The molecule has 0 spiro atoms. The summed E-state index contributed by atoms with van der Waals surface area (Å²) in [6, 6.07) is 0.528. The van der Waals surface area contributed by atoms with E-state index in [9.17, 15) is 4.79 Å². The molecule has 1 aliphatic rings. The van der Waals surface area contributed by atoms with Crippen molar-refractivity contribution in [3.63, 3.8) is 0 Å². The van der Waals surface area contributed by atoms with Crippen LogP contribution in [-0.2, 0) is 4.79 Å². The van der Waals surface area contributed by atoms with Crippen molar-refractivity contribution in [2.75, 3.05) is 19.6 Å². The minimum absolute atomic E-state index is 0.226. The molecule has 3 nitrogen and oxygen atoms in total. The molecule has 0 saturated heterocycles. The van der Waals surface area contributed by atoms with E-state index in [-0.39, 0.29) is 5.91 Å². The Kier molecular flexibility index (Phi) is 5.20. The molecule has 0 atom stereocenters. The molecule has 0 radical (unpaired) electrons. The Hall–Kier alpha value is -1.01. The third-order valence-corrected chi connectivity index (χ3v) is 2.53. The van der Waals surface area contributed by atoms with Crippen LogP contribution in [-0.4, -0.2) is 36.5 Å². The summed E-state index contributed by atoms with van der Waals surface area (Å²) in [6.07, 6.45) is 3.18. The molecule has 15 heavy (non-hydrogen) atoms. The highest BCUT2D eigenvalue weighted by Crippen LogP contribution is 2.26. The van der Waals surface area contributed by atoms with E-state index < -0.39 is 0 Å². The van der Waals surface area contributed by atoms with Crippen LogP contribution in [0.1, 0.15) is 33.1 Å². The second kappa shape index (κ2) is 6.47. The van der Waals surface area contributed by atoms with Crippen molar-refractivity contribution in [2.24, 2.45) is 0 Å². The van der Waals surface area contributed by atoms with Crippen molar-refractivity contribution >= 4 is 5.91 Å². The summed E-state index contributed by atoms with van der Waals surface area (Å²) in [6.45, 7) is 5.96. The number of nitrogens with zero attached hydrogens (tertiary/aromatic N) is 1. The second-order valence-electron chi connectivity index (χ2n) is 3.76. The predicted molar refractivity (Wildman–Crippen MR) is 61.3 cm³/mol. The van der Waals surface area contributed by atoms with Crippen LogP contribution in [0.2, 0.25) is 0 Å². The van der Waals surface area contributed by atoms with Crippen molar-refractivity contribution < 1.29 is 4.79 Å². The predicted octanol–water partition coefficient (Wildman–Crippen LogP) is 1.00. The molecule has 3 heteroatoms. The zero-order chi connectivity index (χ0) is 11.1. The summed E-state index contributed by atoms with van der Waals surface area (Å²) in [7, 11) is 0. The fraction of sp³-hybridized carbons (Fsp3) is 0.750. The Labute approximate surface area is 92.2 Å². The van der Waals surface area contributed by atoms with E-state index in [1.54, 1.807) is 0 Å². The number of amides is 1. The summed E-state index contributed by atoms with van der Waals surface area (Å²) >= 11 is 0. The molecule has 0 heterocycles. The van der Waals surface area contributed by atoms with Gasteiger partial charge in [-0.25, -0.2) is 0 Å². The van der Waals surface area contributed by atoms with Gasteiger partial charge in [-0.3, -0.25) is 4.79 Å². The van der Waals surface area contributed by atoms with Gasteiger partial charge in [0.2, 0.25) is 5.91 Å². The number of hydrogen-bond acceptors (Lipinski definition) is 2. The molecule has 0 bridgehead atoms. The summed E-state index contributed by atoms with van der Waals surface area (Å²) in [5.41, 5.74) is 0. The largest absolute Gasteiger partial charge is 0.339 e. The number of likely N-dealkylation sites (N-methyl/N-ethyl adjacent to an activating group) is 1. The normalized spacial score (nSPS) is 14.3. The lowest BCUT2D eigenvalue weighted by Crippen LogP contribution is -2.39. The van der Waals surface area contributed by atoms with Crippen LogP contribution in [0.25, 0.3) is 0 Å². The lowest BCUT2D eigenvalue weighted by molar-refractivity contribution is -0.130. The van der Waals surface area contributed by atoms with Gasteiger partial charge in [0, 0.05) is 25.6 Å². The fourth-order valence-corrected chi connectivity index (χ4v) is 1.60. The van der Waals surface area contributed by atoms with Gasteiger partial charge in [-0.2, -0.15) is 0 Å². The minimum atomic E-state index is 0.226. The van der Waals surface area contributed by atoms with Crippen molar-refractivity contribution in [1.29, 1.82) is 0 Å². The first-order chi connectivity index (χ1) is 7.29. The Bertz CT molecular complexity index is 261. The Balaban J connectivity index is 2.12. The molecule has 0 aliphatic heterocycles. The van der Waals surface area contributed by atoms with Crippen LogP contribution in [0.3, 0.4) is 0 Å². The maximum atomic E-state index is 11.7. The van der Waals surface area contributed by atoms with E-state index in [0.29, 0.717) is 12.6 Å². The number of nitrogens with one attached hydrogen (secondary N) is 1. The summed E-state index contributed by atoms with van der Waals surface area (Å²) in [5.74, 6) is 6.02. The number of rotatable bonds is 6. The van der Waals surface area contributed by atoms with Crippen LogP contribution >= 0.6 is 0 Å². The first kappa shape index (κ1) is 12.1. The highest BCUT2D eigenvalue weighted by atomic mass is 16.2. The zero-order valence-corrected chi connectivity index (χ0v) is 9.68. The van der Waals surface area contributed by atoms with Crippen LogP contribution < -0.4 is 5.32 Å². The van der Waals surface area contributed by atoms with Gasteiger partial charge < -0.3 is 10.2 Å². The Morgan fingerprint density at radius 3 is 2.80 bits per heavy atom. The maximum Gasteiger partial charge on any atom is 0.236 e. The van der Waals surface area contributed by atoms with E-state index in [1.165, 1.54) is 12.8 Å². The standard InChI is InChI=1S/C12H20N2O/c1-3-5-6-9-13-10-12(15)14(4-2)11-7-8-11/h11,13H,4,6-10H2,1-2H3. The first-order valence-electron chi connectivity index (χ1n) is 5.69. The SMILES string of the molecule is CC#CCCNCC(=O)N(CC)C1CC1. The third-order valence-electron chi connectivity index (χ3n) is 2.53. The van der Waals surface area contributed by atoms with Gasteiger partial charge >= 0.3 is 0 Å². The van der Waals surface area contributed by atoms with E-state index >= 15 is 0 Å². The molecule has 1 rings (SSSR count). The molecular formula is C12H20N2O. The number of hydrogen-bond donors (Lipinski definition) is 1. The van der Waals surface area contributed by atoms with Crippen molar-refractivity contribution in [1.82, 2.24) is 10.2 Å². The number of carbonyl (C=O) groups is 1. The van der Waals surface area contributed by atoms with Crippen molar-refractivity contribution in [3.05, 3.63) is 0 Å². The molecule has 0 aromatic rings. The second-order valence-corrected chi connectivity index (χ2v) is 3.76. The summed E-state index contributed by atoms with van der Waals surface area (Å²) in [4.78, 5) is 13.7. The topological polar surface area (TPSA) is 32.3 Å². The molecule has 1 aliphatic carbocycles. The van der Waals surface area contributed by atoms with E-state index in [0.717, 1.165) is 19.5 Å². The zero-order valence-electron chi connectivity index (χ0n) is 9.68. The molecule has 0 unspecified atom stereocenters. The van der Waals surface area contributed by atoms with Gasteiger partial charge in [0.05, 0.1) is 6.54 Å². The Morgan fingerprint density at radius 1 is 1.53 bits per heavy atom. The van der Waals surface area contributed by atoms with E-state index in [4.69, 9.17) is 0 Å². The van der Waals surface area contributed by atoms with Gasteiger partial charge in [-0.05, 0) is 26.7 Å². The molecular weight excluding hydrogens is 188 g/mol. The van der Waals surface area contributed by atoms with E-state index in [1.807, 2.05) is 18.7 Å². The van der Waals surface area contributed by atoms with Crippen LogP contribution in [0.15, 0.2) is 0 Å². The molecule has 0 aromatic heterocycles. The van der Waals surface area contributed by atoms with Gasteiger partial charge in [-0.1, -0.05) is 0 Å². The molecule has 0 aromatic carbocycles. The third kappa shape index (κ3) is 4.35. The average Bonchev–Trinajstić information content (AvgIpc) is 3.03. The first-order valence-corrected chi connectivity index (χ1v) is 5.69. The summed E-state index contributed by atoms with van der Waals surface area (Å²) in [5, 5.41) is 3.12. The van der Waals surface area contributed by atoms with Gasteiger partial charge in [0.1, 0.15) is 0 Å². The lowest BCUT2D eigenvalue weighted by atomic mass is 10.4. The molecule has 1 fully saturated rings. The highest BCUT2D eigenvalue weighted by Gasteiger charge is 2.30. The summed E-state index contributed by atoms with van der Waals surface area (Å²) < 4.78 is 0. The molecule has 1 N–H and O–H groups in total. The maximum absolute atomic E-state index is 11.7. The van der Waals surface area contributed by atoms with Gasteiger partial charge in [0.25, 0.3) is 0 Å². The van der Waals surface area contributed by atoms with Gasteiger partial charge in [0.15, 0.2) is 0 Å². The monoisotopic (exact) mass is 208 g/mol. The van der Waals surface area contributed by atoms with E-state index in [2.05, 4.69) is 17.2 Å². The molecule has 84 valence electrons. The highest BCUT2D eigenvalue weighted by molar-refractivity contribution is 5.78. The minimum Gasteiger partial charge on any atom is -0.339 e. The van der Waals surface area contributed by atoms with Crippen molar-refractivity contribution in [2.45, 2.75) is 39.2 Å². The smallest absolute Gasteiger partial charge is 0.236 e. The van der Waals surface area contributed by atoms with Gasteiger partial charge in [-0.15, -0.1) is 11.8 Å². The lowest BCUT2D eigenvalue weighted by Gasteiger charge is -2.20.